The fourth-order valence-electron chi connectivity index (χ4n) is 2.11. The molecule has 1 N–H and O–H groups in total. The molecule has 1 heterocycles. The number of rotatable bonds is 5. The third-order valence-electron chi connectivity index (χ3n) is 3.34. The van der Waals surface area contributed by atoms with Gasteiger partial charge in [-0.15, -0.1) is 0 Å². The van der Waals surface area contributed by atoms with Crippen LogP contribution in [0.2, 0.25) is 5.02 Å². The molecule has 1 aromatic carbocycles. The lowest BCUT2D eigenvalue weighted by molar-refractivity contribution is -0.127. The van der Waals surface area contributed by atoms with Gasteiger partial charge in [-0.2, -0.15) is 0 Å². The number of amides is 1. The smallest absolute Gasteiger partial charge is 0.260 e. The largest absolute Gasteiger partial charge is 0.481 e. The van der Waals surface area contributed by atoms with Crippen LogP contribution in [0.4, 0.5) is 0 Å². The molecule has 1 fully saturated rings. The Bertz CT molecular complexity index is 472. The molecule has 1 aliphatic rings. The van der Waals surface area contributed by atoms with E-state index in [0.717, 1.165) is 25.0 Å². The summed E-state index contributed by atoms with van der Waals surface area (Å²) in [4.78, 5) is 11.9. The molecule has 1 amide bonds. The molecule has 20 heavy (non-hydrogen) atoms. The molecule has 0 aliphatic carbocycles. The van der Waals surface area contributed by atoms with Gasteiger partial charge in [0.1, 0.15) is 5.75 Å². The maximum Gasteiger partial charge on any atom is 0.260 e. The first-order chi connectivity index (χ1) is 9.56. The van der Waals surface area contributed by atoms with Crippen LogP contribution in [0.1, 0.15) is 25.3 Å². The van der Waals surface area contributed by atoms with Crippen molar-refractivity contribution in [2.24, 2.45) is 0 Å². The number of ether oxygens (including phenoxy) is 2. The predicted octanol–water partition coefficient (Wildman–Crippen LogP) is 2.71. The molecular weight excluding hydrogens is 278 g/mol. The minimum Gasteiger partial charge on any atom is -0.481 e. The molecule has 0 spiro atoms. The van der Waals surface area contributed by atoms with Gasteiger partial charge in [0.15, 0.2) is 6.10 Å². The molecule has 1 aliphatic heterocycles. The normalized spacial score (nSPS) is 19.6. The summed E-state index contributed by atoms with van der Waals surface area (Å²) >= 11 is 5.95. The third-order valence-corrected chi connectivity index (χ3v) is 3.76. The summed E-state index contributed by atoms with van der Waals surface area (Å²) in [5.41, 5.74) is 0.927. The first-order valence-corrected chi connectivity index (χ1v) is 7.26. The highest BCUT2D eigenvalue weighted by molar-refractivity contribution is 6.31. The highest BCUT2D eigenvalue weighted by atomic mass is 35.5. The van der Waals surface area contributed by atoms with Crippen LogP contribution in [-0.2, 0) is 9.53 Å². The van der Waals surface area contributed by atoms with E-state index in [9.17, 15) is 4.79 Å². The van der Waals surface area contributed by atoms with Gasteiger partial charge in [-0.25, -0.2) is 0 Å². The van der Waals surface area contributed by atoms with Gasteiger partial charge in [0.25, 0.3) is 5.91 Å². The van der Waals surface area contributed by atoms with Crippen LogP contribution < -0.4 is 10.1 Å². The van der Waals surface area contributed by atoms with Crippen LogP contribution in [-0.4, -0.2) is 31.3 Å². The average molecular weight is 298 g/mol. The number of nitrogens with one attached hydrogen (secondary N) is 1. The Morgan fingerprint density at radius 2 is 2.40 bits per heavy atom. The fraction of sp³-hybridized carbons (Fsp3) is 0.533. The number of carbonyl (C=O) groups is 1. The van der Waals surface area contributed by atoms with E-state index in [-0.39, 0.29) is 12.0 Å². The Balaban J connectivity index is 1.81. The highest BCUT2D eigenvalue weighted by Crippen LogP contribution is 2.21. The first-order valence-electron chi connectivity index (χ1n) is 6.88. The third kappa shape index (κ3) is 4.12. The predicted molar refractivity (Wildman–Crippen MR) is 78.3 cm³/mol. The monoisotopic (exact) mass is 297 g/mol. The van der Waals surface area contributed by atoms with E-state index >= 15 is 0 Å². The molecule has 2 rings (SSSR count). The van der Waals surface area contributed by atoms with Gasteiger partial charge in [0.2, 0.25) is 0 Å². The van der Waals surface area contributed by atoms with E-state index in [4.69, 9.17) is 21.1 Å². The molecule has 0 saturated carbocycles. The topological polar surface area (TPSA) is 47.6 Å². The van der Waals surface area contributed by atoms with E-state index < -0.39 is 6.10 Å². The summed E-state index contributed by atoms with van der Waals surface area (Å²) in [6, 6.07) is 5.36. The first kappa shape index (κ1) is 15.1. The minimum atomic E-state index is -0.544. The van der Waals surface area contributed by atoms with Gasteiger partial charge < -0.3 is 14.8 Å². The lowest BCUT2D eigenvalue weighted by Crippen LogP contribution is -2.40. The van der Waals surface area contributed by atoms with Gasteiger partial charge >= 0.3 is 0 Å². The second-order valence-electron chi connectivity index (χ2n) is 5.05. The lowest BCUT2D eigenvalue weighted by atomic mass is 10.2. The molecular formula is C15H20ClNO3. The fourth-order valence-corrected chi connectivity index (χ4v) is 2.23. The van der Waals surface area contributed by atoms with Crippen LogP contribution in [0.15, 0.2) is 18.2 Å². The van der Waals surface area contributed by atoms with Crippen LogP contribution in [0.3, 0.4) is 0 Å². The highest BCUT2D eigenvalue weighted by Gasteiger charge is 2.19. The van der Waals surface area contributed by atoms with E-state index in [1.165, 1.54) is 0 Å². The van der Waals surface area contributed by atoms with Crippen molar-refractivity contribution in [3.8, 4) is 5.75 Å². The number of carbonyl (C=O) groups excluding carboxylic acids is 1. The Kier molecular flexibility index (Phi) is 5.26. The van der Waals surface area contributed by atoms with Crippen molar-refractivity contribution in [2.45, 2.75) is 38.9 Å². The van der Waals surface area contributed by atoms with Crippen molar-refractivity contribution >= 4 is 17.5 Å². The van der Waals surface area contributed by atoms with E-state index in [2.05, 4.69) is 5.32 Å². The van der Waals surface area contributed by atoms with Crippen LogP contribution in [0.25, 0.3) is 0 Å². The molecule has 1 saturated heterocycles. The molecule has 1 aromatic rings. The second-order valence-corrected chi connectivity index (χ2v) is 5.46. The van der Waals surface area contributed by atoms with Crippen molar-refractivity contribution in [2.75, 3.05) is 13.2 Å². The summed E-state index contributed by atoms with van der Waals surface area (Å²) in [5, 5.41) is 3.54. The van der Waals surface area contributed by atoms with Crippen molar-refractivity contribution < 1.29 is 14.3 Å². The molecule has 2 atom stereocenters. The molecule has 5 heteroatoms. The lowest BCUT2D eigenvalue weighted by Gasteiger charge is -2.17. The van der Waals surface area contributed by atoms with Crippen molar-refractivity contribution in [3.63, 3.8) is 0 Å². The SMILES string of the molecule is Cc1cc(O[C@H](C)C(=O)NC[C@H]2CCCO2)ccc1Cl. The number of hydrogen-bond donors (Lipinski definition) is 1. The minimum absolute atomic E-state index is 0.131. The van der Waals surface area contributed by atoms with Gasteiger partial charge in [0.05, 0.1) is 6.10 Å². The Labute approximate surface area is 124 Å². The van der Waals surface area contributed by atoms with E-state index in [1.807, 2.05) is 13.0 Å². The average Bonchev–Trinajstić information content (AvgIpc) is 2.93. The maximum absolute atomic E-state index is 11.9. The molecule has 110 valence electrons. The number of aryl methyl sites for hydroxylation is 1. The van der Waals surface area contributed by atoms with Gasteiger partial charge in [-0.3, -0.25) is 4.79 Å². The Hall–Kier alpha value is -1.26. The van der Waals surface area contributed by atoms with Gasteiger partial charge in [-0.1, -0.05) is 11.6 Å². The van der Waals surface area contributed by atoms with Crippen LogP contribution in [0.5, 0.6) is 5.75 Å². The number of hydrogen-bond acceptors (Lipinski definition) is 3. The van der Waals surface area contributed by atoms with Crippen molar-refractivity contribution in [1.29, 1.82) is 0 Å². The molecule has 0 aromatic heterocycles. The molecule has 0 unspecified atom stereocenters. The summed E-state index contributed by atoms with van der Waals surface area (Å²) in [6.07, 6.45) is 1.67. The number of benzene rings is 1. The Morgan fingerprint density at radius 3 is 3.05 bits per heavy atom. The van der Waals surface area contributed by atoms with Crippen LogP contribution >= 0.6 is 11.6 Å². The summed E-state index contributed by atoms with van der Waals surface area (Å²) in [7, 11) is 0. The van der Waals surface area contributed by atoms with E-state index in [1.54, 1.807) is 19.1 Å². The van der Waals surface area contributed by atoms with Gasteiger partial charge in [-0.05, 0) is 50.5 Å². The van der Waals surface area contributed by atoms with Crippen molar-refractivity contribution in [3.05, 3.63) is 28.8 Å². The second kappa shape index (κ2) is 6.95. The summed E-state index contributed by atoms with van der Waals surface area (Å²) in [5.74, 6) is 0.514. The molecule has 4 nitrogen and oxygen atoms in total. The van der Waals surface area contributed by atoms with E-state index in [0.29, 0.717) is 17.3 Å². The van der Waals surface area contributed by atoms with Crippen molar-refractivity contribution in [1.82, 2.24) is 5.32 Å². The Morgan fingerprint density at radius 1 is 1.60 bits per heavy atom. The zero-order valence-corrected chi connectivity index (χ0v) is 12.6. The summed E-state index contributed by atoms with van der Waals surface area (Å²) in [6.45, 7) is 4.97. The van der Waals surface area contributed by atoms with Crippen LogP contribution in [0, 0.1) is 6.92 Å². The molecule has 0 radical (unpaired) electrons. The maximum atomic E-state index is 11.9. The molecule has 0 bridgehead atoms. The van der Waals surface area contributed by atoms with Gasteiger partial charge in [0, 0.05) is 18.2 Å². The number of halogens is 1. The zero-order chi connectivity index (χ0) is 14.5. The quantitative estimate of drug-likeness (QED) is 0.909. The summed E-state index contributed by atoms with van der Waals surface area (Å²) < 4.78 is 11.1. The standard InChI is InChI=1S/C15H20ClNO3/c1-10-8-12(5-6-14(10)16)20-11(2)15(18)17-9-13-4-3-7-19-13/h5-6,8,11,13H,3-4,7,9H2,1-2H3,(H,17,18)/t11-,13-/m1/s1. The zero-order valence-electron chi connectivity index (χ0n) is 11.8.